The van der Waals surface area contributed by atoms with E-state index in [1.807, 2.05) is 10.7 Å². The van der Waals surface area contributed by atoms with E-state index in [-0.39, 0.29) is 5.82 Å². The first-order valence-corrected chi connectivity index (χ1v) is 11.9. The van der Waals surface area contributed by atoms with E-state index >= 15 is 0 Å². The first kappa shape index (κ1) is 19.5. The standard InChI is InChI=1S/C22H25FN4O2S/c1-15-13-16(5-9-20(15)23)24-22-19-14-18(30(28,29)26-11-3-2-4-12-26)8-10-21(19)27(25-22)17-6-7-17/h5,8-10,13-14,17H,2-4,6-7,11-12H2,1H3,(H,24,25). The number of sulfonamides is 1. The number of rotatable bonds is 5. The molecule has 3 aromatic rings. The minimum Gasteiger partial charge on any atom is -0.338 e. The maximum absolute atomic E-state index is 13.7. The molecule has 2 heterocycles. The fraction of sp³-hybridized carbons (Fsp3) is 0.409. The van der Waals surface area contributed by atoms with Gasteiger partial charge in [-0.2, -0.15) is 9.40 Å². The Morgan fingerprint density at radius 3 is 2.53 bits per heavy atom. The molecule has 6 nitrogen and oxygen atoms in total. The number of benzene rings is 2. The van der Waals surface area contributed by atoms with Crippen LogP contribution < -0.4 is 5.32 Å². The summed E-state index contributed by atoms with van der Waals surface area (Å²) >= 11 is 0. The highest BCUT2D eigenvalue weighted by atomic mass is 32.2. The normalized spacial score (nSPS) is 18.1. The van der Waals surface area contributed by atoms with Crippen molar-refractivity contribution in [2.24, 2.45) is 0 Å². The molecule has 8 heteroatoms. The molecule has 0 radical (unpaired) electrons. The van der Waals surface area contributed by atoms with Gasteiger partial charge < -0.3 is 5.32 Å². The van der Waals surface area contributed by atoms with Gasteiger partial charge in [0.15, 0.2) is 5.82 Å². The smallest absolute Gasteiger partial charge is 0.243 e. The molecule has 5 rings (SSSR count). The van der Waals surface area contributed by atoms with Crippen LogP contribution in [0.4, 0.5) is 15.9 Å². The van der Waals surface area contributed by atoms with Gasteiger partial charge in [-0.15, -0.1) is 0 Å². The minimum atomic E-state index is -3.53. The van der Waals surface area contributed by atoms with Crippen LogP contribution >= 0.6 is 0 Å². The minimum absolute atomic E-state index is 0.260. The van der Waals surface area contributed by atoms with Crippen LogP contribution in [0.2, 0.25) is 0 Å². The zero-order valence-electron chi connectivity index (χ0n) is 16.9. The number of nitrogens with one attached hydrogen (secondary N) is 1. The maximum Gasteiger partial charge on any atom is 0.243 e. The summed E-state index contributed by atoms with van der Waals surface area (Å²) < 4.78 is 43.6. The molecule has 1 saturated carbocycles. The predicted molar refractivity (Wildman–Crippen MR) is 115 cm³/mol. The van der Waals surface area contributed by atoms with E-state index in [1.165, 1.54) is 6.07 Å². The first-order valence-electron chi connectivity index (χ1n) is 10.5. The number of aryl methyl sites for hydroxylation is 1. The second-order valence-corrected chi connectivity index (χ2v) is 10.2. The second kappa shape index (κ2) is 7.35. The average molecular weight is 429 g/mol. The van der Waals surface area contributed by atoms with Gasteiger partial charge in [0.05, 0.1) is 16.5 Å². The van der Waals surface area contributed by atoms with Gasteiger partial charge in [-0.1, -0.05) is 6.42 Å². The molecule has 1 aliphatic carbocycles. The highest BCUT2D eigenvalue weighted by molar-refractivity contribution is 7.89. The van der Waals surface area contributed by atoms with E-state index in [9.17, 15) is 12.8 Å². The van der Waals surface area contributed by atoms with Crippen molar-refractivity contribution >= 4 is 32.4 Å². The molecule has 1 aliphatic heterocycles. The Kier molecular flexibility index (Phi) is 4.78. The Morgan fingerprint density at radius 2 is 1.83 bits per heavy atom. The lowest BCUT2D eigenvalue weighted by Gasteiger charge is -2.25. The number of halogens is 1. The summed E-state index contributed by atoms with van der Waals surface area (Å²) in [5, 5.41) is 8.77. The molecular weight excluding hydrogens is 403 g/mol. The van der Waals surface area contributed by atoms with Gasteiger partial charge in [0.2, 0.25) is 10.0 Å². The molecule has 2 aliphatic rings. The summed E-state index contributed by atoms with van der Waals surface area (Å²) in [4.78, 5) is 0.297. The van der Waals surface area contributed by atoms with Crippen LogP contribution in [0.1, 0.15) is 43.7 Å². The van der Waals surface area contributed by atoms with Gasteiger partial charge in [-0.05, 0) is 74.6 Å². The number of piperidine rings is 1. The number of nitrogens with zero attached hydrogens (tertiary/aromatic N) is 3. The van der Waals surface area contributed by atoms with Gasteiger partial charge in [-0.3, -0.25) is 4.68 Å². The Labute approximate surface area is 175 Å². The predicted octanol–water partition coefficient (Wildman–Crippen LogP) is 4.74. The zero-order chi connectivity index (χ0) is 20.9. The molecule has 0 unspecified atom stereocenters. The Balaban J connectivity index is 1.57. The molecular formula is C22H25FN4O2S. The van der Waals surface area contributed by atoms with Crippen molar-refractivity contribution in [1.29, 1.82) is 0 Å². The third kappa shape index (κ3) is 3.48. The number of anilines is 2. The van der Waals surface area contributed by atoms with Crippen LogP contribution in [0.3, 0.4) is 0 Å². The van der Waals surface area contributed by atoms with Crippen LogP contribution in [0.5, 0.6) is 0 Å². The van der Waals surface area contributed by atoms with Crippen LogP contribution in [0.15, 0.2) is 41.3 Å². The number of fused-ring (bicyclic) bond motifs is 1. The molecule has 1 N–H and O–H groups in total. The number of hydrogen-bond donors (Lipinski definition) is 1. The van der Waals surface area contributed by atoms with Crippen molar-refractivity contribution in [2.75, 3.05) is 18.4 Å². The quantitative estimate of drug-likeness (QED) is 0.638. The van der Waals surface area contributed by atoms with Crippen molar-refractivity contribution in [3.8, 4) is 0 Å². The van der Waals surface area contributed by atoms with Crippen molar-refractivity contribution in [2.45, 2.75) is 50.0 Å². The SMILES string of the molecule is Cc1cc(Nc2nn(C3CC3)c3ccc(S(=O)(=O)N4CCCCC4)cc23)ccc1F. The summed E-state index contributed by atoms with van der Waals surface area (Å²) in [7, 11) is -3.53. The number of hydrogen-bond acceptors (Lipinski definition) is 4. The van der Waals surface area contributed by atoms with Gasteiger partial charge in [0.25, 0.3) is 0 Å². The van der Waals surface area contributed by atoms with Gasteiger partial charge in [-0.25, -0.2) is 12.8 Å². The molecule has 0 bridgehead atoms. The first-order chi connectivity index (χ1) is 14.4. The number of aromatic nitrogens is 2. The van der Waals surface area contributed by atoms with E-state index in [0.717, 1.165) is 48.7 Å². The Hall–Kier alpha value is -2.45. The molecule has 2 fully saturated rings. The highest BCUT2D eigenvalue weighted by Gasteiger charge is 2.30. The van der Waals surface area contributed by atoms with E-state index in [0.29, 0.717) is 35.4 Å². The summed E-state index contributed by atoms with van der Waals surface area (Å²) in [5.41, 5.74) is 2.18. The molecule has 0 atom stereocenters. The lowest BCUT2D eigenvalue weighted by Crippen LogP contribution is -2.35. The van der Waals surface area contributed by atoms with Crippen LogP contribution in [0.25, 0.3) is 10.9 Å². The topological polar surface area (TPSA) is 67.2 Å². The second-order valence-electron chi connectivity index (χ2n) is 8.26. The molecule has 2 aromatic carbocycles. The average Bonchev–Trinajstić information content (AvgIpc) is 3.54. The Morgan fingerprint density at radius 1 is 1.07 bits per heavy atom. The Bertz CT molecular complexity index is 1210. The monoisotopic (exact) mass is 428 g/mol. The summed E-state index contributed by atoms with van der Waals surface area (Å²) in [6.07, 6.45) is 5.01. The largest absolute Gasteiger partial charge is 0.338 e. The van der Waals surface area contributed by atoms with Crippen molar-refractivity contribution < 1.29 is 12.8 Å². The van der Waals surface area contributed by atoms with Gasteiger partial charge >= 0.3 is 0 Å². The van der Waals surface area contributed by atoms with Crippen LogP contribution in [-0.4, -0.2) is 35.6 Å². The van der Waals surface area contributed by atoms with Crippen LogP contribution in [0, 0.1) is 12.7 Å². The highest BCUT2D eigenvalue weighted by Crippen LogP contribution is 2.40. The van der Waals surface area contributed by atoms with E-state index in [4.69, 9.17) is 5.10 Å². The summed E-state index contributed by atoms with van der Waals surface area (Å²) in [5.74, 6) is 0.336. The van der Waals surface area contributed by atoms with Crippen molar-refractivity contribution in [1.82, 2.24) is 14.1 Å². The molecule has 1 saturated heterocycles. The molecule has 1 aromatic heterocycles. The molecule has 0 spiro atoms. The van der Waals surface area contributed by atoms with Gasteiger partial charge in [0, 0.05) is 24.2 Å². The lowest BCUT2D eigenvalue weighted by molar-refractivity contribution is 0.346. The fourth-order valence-electron chi connectivity index (χ4n) is 4.08. The van der Waals surface area contributed by atoms with Crippen molar-refractivity contribution in [3.05, 3.63) is 47.8 Å². The fourth-order valence-corrected chi connectivity index (χ4v) is 5.63. The molecule has 0 amide bonds. The molecule has 30 heavy (non-hydrogen) atoms. The third-order valence-corrected chi connectivity index (χ3v) is 7.84. The van der Waals surface area contributed by atoms with Gasteiger partial charge in [0.1, 0.15) is 5.82 Å². The lowest BCUT2D eigenvalue weighted by atomic mass is 10.2. The van der Waals surface area contributed by atoms with Crippen molar-refractivity contribution in [3.63, 3.8) is 0 Å². The van der Waals surface area contributed by atoms with E-state index in [2.05, 4.69) is 5.32 Å². The van der Waals surface area contributed by atoms with E-state index in [1.54, 1.807) is 35.5 Å². The third-order valence-electron chi connectivity index (χ3n) is 5.94. The molecule has 158 valence electrons. The van der Waals surface area contributed by atoms with Crippen LogP contribution in [-0.2, 0) is 10.0 Å². The van der Waals surface area contributed by atoms with E-state index < -0.39 is 10.0 Å². The maximum atomic E-state index is 13.7. The summed E-state index contributed by atoms with van der Waals surface area (Å²) in [6, 6.07) is 10.4. The summed E-state index contributed by atoms with van der Waals surface area (Å²) in [6.45, 7) is 2.86. The zero-order valence-corrected chi connectivity index (χ0v) is 17.8.